The molecule has 0 heteroatoms. The van der Waals surface area contributed by atoms with Crippen LogP contribution in [0.1, 0.15) is 76.3 Å². The van der Waals surface area contributed by atoms with Crippen LogP contribution in [0.4, 0.5) is 0 Å². The minimum Gasteiger partial charge on any atom is -0.0651 e. The summed E-state index contributed by atoms with van der Waals surface area (Å²) in [6, 6.07) is 18.4. The van der Waals surface area contributed by atoms with E-state index >= 15 is 0 Å². The number of hydrogen-bond acceptors (Lipinski definition) is 0. The first-order chi connectivity index (χ1) is 12.2. The molecule has 0 bridgehead atoms. The van der Waals surface area contributed by atoms with Crippen LogP contribution in [0.5, 0.6) is 0 Å². The Bertz CT molecular complexity index is 627. The fraction of sp³-hybridized carbons (Fsp3) is 0.520. The second-order valence-corrected chi connectivity index (χ2v) is 8.33. The minimum atomic E-state index is 0.680. The van der Waals surface area contributed by atoms with Gasteiger partial charge < -0.3 is 0 Å². The van der Waals surface area contributed by atoms with Crippen molar-refractivity contribution in [2.75, 3.05) is 0 Å². The highest BCUT2D eigenvalue weighted by molar-refractivity contribution is 5.64. The maximum atomic E-state index is 2.41. The SMILES string of the molecule is CCCc1ccc(-c2ccc([C@H](C)CC3CCC(C)CC3)cc2)cc1. The molecule has 0 spiro atoms. The van der Waals surface area contributed by atoms with Crippen LogP contribution in [0.25, 0.3) is 11.1 Å². The molecular formula is C25H34. The van der Waals surface area contributed by atoms with E-state index < -0.39 is 0 Å². The Kier molecular flexibility index (Phi) is 6.34. The molecule has 1 saturated carbocycles. The van der Waals surface area contributed by atoms with E-state index in [1.807, 2.05) is 0 Å². The summed E-state index contributed by atoms with van der Waals surface area (Å²) in [5.74, 6) is 2.57. The lowest BCUT2D eigenvalue weighted by molar-refractivity contribution is 0.267. The van der Waals surface area contributed by atoms with Gasteiger partial charge in [-0.15, -0.1) is 0 Å². The minimum absolute atomic E-state index is 0.680. The molecule has 134 valence electrons. The lowest BCUT2D eigenvalue weighted by atomic mass is 9.78. The highest BCUT2D eigenvalue weighted by Gasteiger charge is 2.20. The zero-order chi connectivity index (χ0) is 17.6. The largest absolute Gasteiger partial charge is 0.0651 e. The first kappa shape index (κ1) is 18.2. The van der Waals surface area contributed by atoms with Crippen molar-refractivity contribution in [3.8, 4) is 11.1 Å². The summed E-state index contributed by atoms with van der Waals surface area (Å²) in [5.41, 5.74) is 5.62. The van der Waals surface area contributed by atoms with Crippen LogP contribution < -0.4 is 0 Å². The van der Waals surface area contributed by atoms with E-state index in [0.717, 1.165) is 11.8 Å². The first-order valence-corrected chi connectivity index (χ1v) is 10.3. The van der Waals surface area contributed by atoms with Crippen molar-refractivity contribution in [3.05, 3.63) is 59.7 Å². The Morgan fingerprint density at radius 3 is 1.96 bits per heavy atom. The van der Waals surface area contributed by atoms with Crippen molar-refractivity contribution in [1.82, 2.24) is 0 Å². The van der Waals surface area contributed by atoms with Gasteiger partial charge in [0.25, 0.3) is 0 Å². The van der Waals surface area contributed by atoms with Gasteiger partial charge in [0, 0.05) is 0 Å². The highest BCUT2D eigenvalue weighted by Crippen LogP contribution is 2.35. The van der Waals surface area contributed by atoms with Crippen LogP contribution in [0, 0.1) is 11.8 Å². The third-order valence-corrected chi connectivity index (χ3v) is 6.13. The molecule has 1 fully saturated rings. The normalized spacial score (nSPS) is 21.9. The molecule has 0 aromatic heterocycles. The van der Waals surface area contributed by atoms with Gasteiger partial charge in [-0.2, -0.15) is 0 Å². The van der Waals surface area contributed by atoms with E-state index in [-0.39, 0.29) is 0 Å². The van der Waals surface area contributed by atoms with Gasteiger partial charge in [0.2, 0.25) is 0 Å². The summed E-state index contributed by atoms with van der Waals surface area (Å²) in [6.07, 6.45) is 9.50. The van der Waals surface area contributed by atoms with Crippen molar-refractivity contribution >= 4 is 0 Å². The van der Waals surface area contributed by atoms with Crippen LogP contribution in [0.3, 0.4) is 0 Å². The molecule has 0 saturated heterocycles. The van der Waals surface area contributed by atoms with Gasteiger partial charge in [-0.3, -0.25) is 0 Å². The molecule has 0 radical (unpaired) electrons. The van der Waals surface area contributed by atoms with Gasteiger partial charge >= 0.3 is 0 Å². The summed E-state index contributed by atoms with van der Waals surface area (Å²) < 4.78 is 0. The first-order valence-electron chi connectivity index (χ1n) is 10.3. The van der Waals surface area contributed by atoms with Crippen LogP contribution in [0.2, 0.25) is 0 Å². The highest BCUT2D eigenvalue weighted by atomic mass is 14.3. The van der Waals surface area contributed by atoms with E-state index in [1.165, 1.54) is 67.2 Å². The Hall–Kier alpha value is -1.56. The standard InChI is InChI=1S/C25H34/c1-4-5-21-10-12-24(13-11-21)25-16-14-23(15-17-25)20(3)18-22-8-6-19(2)7-9-22/h10-17,19-20,22H,4-9,18H2,1-3H3/t19?,20-,22?/m1/s1. The smallest absolute Gasteiger partial charge is 0.0184 e. The van der Waals surface area contributed by atoms with E-state index in [1.54, 1.807) is 0 Å². The second kappa shape index (κ2) is 8.70. The van der Waals surface area contributed by atoms with Crippen LogP contribution in [0.15, 0.2) is 48.5 Å². The maximum Gasteiger partial charge on any atom is -0.0184 e. The van der Waals surface area contributed by atoms with Crippen molar-refractivity contribution in [2.45, 2.75) is 71.6 Å². The molecule has 25 heavy (non-hydrogen) atoms. The Labute approximate surface area is 154 Å². The molecule has 0 unspecified atom stereocenters. The predicted molar refractivity (Wildman–Crippen MR) is 110 cm³/mol. The van der Waals surface area contributed by atoms with Gasteiger partial charge in [-0.25, -0.2) is 0 Å². The van der Waals surface area contributed by atoms with Crippen molar-refractivity contribution in [2.24, 2.45) is 11.8 Å². The molecule has 0 heterocycles. The molecule has 2 aromatic rings. The molecule has 1 atom stereocenters. The number of hydrogen-bond donors (Lipinski definition) is 0. The molecular weight excluding hydrogens is 300 g/mol. The lowest BCUT2D eigenvalue weighted by Crippen LogP contribution is -2.14. The molecule has 1 aliphatic rings. The van der Waals surface area contributed by atoms with Gasteiger partial charge in [0.1, 0.15) is 0 Å². The van der Waals surface area contributed by atoms with Crippen LogP contribution in [-0.2, 0) is 6.42 Å². The maximum absolute atomic E-state index is 2.41. The fourth-order valence-corrected chi connectivity index (χ4v) is 4.36. The topological polar surface area (TPSA) is 0 Å². The third kappa shape index (κ3) is 4.97. The molecule has 0 aliphatic heterocycles. The van der Waals surface area contributed by atoms with Crippen molar-refractivity contribution in [1.29, 1.82) is 0 Å². The zero-order valence-electron chi connectivity index (χ0n) is 16.3. The van der Waals surface area contributed by atoms with Crippen molar-refractivity contribution < 1.29 is 0 Å². The number of benzene rings is 2. The molecule has 2 aromatic carbocycles. The number of rotatable bonds is 6. The van der Waals surface area contributed by atoms with Crippen LogP contribution >= 0.6 is 0 Å². The van der Waals surface area contributed by atoms with E-state index in [2.05, 4.69) is 69.3 Å². The summed E-state index contributed by atoms with van der Waals surface area (Å²) in [4.78, 5) is 0. The van der Waals surface area contributed by atoms with Gasteiger partial charge in [-0.1, -0.05) is 101 Å². The quantitative estimate of drug-likeness (QED) is 0.509. The third-order valence-electron chi connectivity index (χ3n) is 6.13. The zero-order valence-corrected chi connectivity index (χ0v) is 16.3. The average molecular weight is 335 g/mol. The summed E-state index contributed by atoms with van der Waals surface area (Å²) in [6.45, 7) is 7.06. The fourth-order valence-electron chi connectivity index (χ4n) is 4.36. The molecule has 1 aliphatic carbocycles. The van der Waals surface area contributed by atoms with Gasteiger partial charge in [0.15, 0.2) is 0 Å². The molecule has 0 amide bonds. The average Bonchev–Trinajstić information content (AvgIpc) is 2.65. The van der Waals surface area contributed by atoms with Gasteiger partial charge in [-0.05, 0) is 52.8 Å². The summed E-state index contributed by atoms with van der Waals surface area (Å²) >= 11 is 0. The van der Waals surface area contributed by atoms with Crippen molar-refractivity contribution in [3.63, 3.8) is 0 Å². The Morgan fingerprint density at radius 2 is 1.40 bits per heavy atom. The van der Waals surface area contributed by atoms with E-state index in [0.29, 0.717) is 5.92 Å². The number of aryl methyl sites for hydroxylation is 1. The Balaban J connectivity index is 1.61. The Morgan fingerprint density at radius 1 is 0.840 bits per heavy atom. The predicted octanol–water partition coefficient (Wildman–Crippen LogP) is 7.63. The van der Waals surface area contributed by atoms with E-state index in [9.17, 15) is 0 Å². The second-order valence-electron chi connectivity index (χ2n) is 8.33. The lowest BCUT2D eigenvalue weighted by Gasteiger charge is -2.28. The summed E-state index contributed by atoms with van der Waals surface area (Å²) in [7, 11) is 0. The monoisotopic (exact) mass is 334 g/mol. The summed E-state index contributed by atoms with van der Waals surface area (Å²) in [5, 5.41) is 0. The van der Waals surface area contributed by atoms with Gasteiger partial charge in [0.05, 0.1) is 0 Å². The van der Waals surface area contributed by atoms with E-state index in [4.69, 9.17) is 0 Å². The molecule has 0 nitrogen and oxygen atoms in total. The van der Waals surface area contributed by atoms with Crippen LogP contribution in [-0.4, -0.2) is 0 Å². The molecule has 0 N–H and O–H groups in total. The molecule has 3 rings (SSSR count).